The molecule has 1 aromatic rings. The second-order valence-corrected chi connectivity index (χ2v) is 7.11. The highest BCUT2D eigenvalue weighted by Gasteiger charge is 2.30. The van der Waals surface area contributed by atoms with Gasteiger partial charge in [0, 0.05) is 17.6 Å². The largest absolute Gasteiger partial charge is 0.296 e. The molecular formula is C9H14N2O2S2. The molecule has 1 aliphatic rings. The summed E-state index contributed by atoms with van der Waals surface area (Å²) < 4.78 is 22.6. The first kappa shape index (κ1) is 11.0. The molecule has 1 aromatic heterocycles. The van der Waals surface area contributed by atoms with Crippen molar-refractivity contribution in [3.63, 3.8) is 0 Å². The highest BCUT2D eigenvalue weighted by atomic mass is 32.2. The predicted molar refractivity (Wildman–Crippen MR) is 60.6 cm³/mol. The lowest BCUT2D eigenvalue weighted by Gasteiger charge is -2.21. The molecule has 1 atom stereocenters. The van der Waals surface area contributed by atoms with Crippen LogP contribution >= 0.6 is 11.3 Å². The molecule has 1 fully saturated rings. The van der Waals surface area contributed by atoms with E-state index in [1.165, 1.54) is 0 Å². The summed E-state index contributed by atoms with van der Waals surface area (Å²) in [5.74, 6) is 0.634. The van der Waals surface area contributed by atoms with Gasteiger partial charge in [-0.2, -0.15) is 0 Å². The van der Waals surface area contributed by atoms with E-state index in [-0.39, 0.29) is 6.04 Å². The van der Waals surface area contributed by atoms with Crippen molar-refractivity contribution in [3.8, 4) is 0 Å². The van der Waals surface area contributed by atoms with Gasteiger partial charge in [0.2, 0.25) is 0 Å². The number of hydrogen-bond donors (Lipinski definition) is 0. The second kappa shape index (κ2) is 4.19. The molecule has 0 bridgehead atoms. The Morgan fingerprint density at radius 1 is 1.67 bits per heavy atom. The average molecular weight is 246 g/mol. The smallest absolute Gasteiger partial charge is 0.151 e. The fourth-order valence-electron chi connectivity index (χ4n) is 1.80. The Balaban J connectivity index is 1.95. The molecule has 2 rings (SSSR count). The van der Waals surface area contributed by atoms with E-state index in [1.807, 2.05) is 12.4 Å². The summed E-state index contributed by atoms with van der Waals surface area (Å²) >= 11 is 1.61. The van der Waals surface area contributed by atoms with Crippen molar-refractivity contribution in [2.24, 2.45) is 0 Å². The van der Waals surface area contributed by atoms with Gasteiger partial charge in [0.15, 0.2) is 9.84 Å². The summed E-state index contributed by atoms with van der Waals surface area (Å²) in [5.41, 5.74) is 0. The summed E-state index contributed by atoms with van der Waals surface area (Å²) in [7, 11) is -0.813. The van der Waals surface area contributed by atoms with Crippen LogP contribution in [-0.2, 0) is 16.4 Å². The summed E-state index contributed by atoms with van der Waals surface area (Å²) in [6, 6.07) is 0.166. The van der Waals surface area contributed by atoms with Gasteiger partial charge in [0.1, 0.15) is 5.01 Å². The minimum absolute atomic E-state index is 0.166. The van der Waals surface area contributed by atoms with Crippen molar-refractivity contribution < 1.29 is 8.42 Å². The molecule has 1 aliphatic heterocycles. The maximum atomic E-state index is 11.3. The van der Waals surface area contributed by atoms with Gasteiger partial charge < -0.3 is 0 Å². The molecule has 4 nitrogen and oxygen atoms in total. The zero-order chi connectivity index (χ0) is 10.9. The standard InChI is InChI=1S/C9H14N2O2S2/c1-11(6-9-10-3-4-14-9)8-2-5-15(12,13)7-8/h3-4,8H,2,5-7H2,1H3. The first-order chi connectivity index (χ1) is 7.07. The molecule has 1 saturated heterocycles. The van der Waals surface area contributed by atoms with Gasteiger partial charge in [-0.25, -0.2) is 13.4 Å². The molecule has 0 saturated carbocycles. The lowest BCUT2D eigenvalue weighted by atomic mass is 10.2. The molecule has 1 unspecified atom stereocenters. The average Bonchev–Trinajstić information content (AvgIpc) is 2.74. The highest BCUT2D eigenvalue weighted by molar-refractivity contribution is 7.91. The van der Waals surface area contributed by atoms with Gasteiger partial charge in [0.25, 0.3) is 0 Å². The predicted octanol–water partition coefficient (Wildman–Crippen LogP) is 0.762. The van der Waals surface area contributed by atoms with Crippen LogP contribution in [0.4, 0.5) is 0 Å². The lowest BCUT2D eigenvalue weighted by Crippen LogP contribution is -2.32. The molecular weight excluding hydrogens is 232 g/mol. The second-order valence-electron chi connectivity index (χ2n) is 3.90. The SMILES string of the molecule is CN(Cc1nccs1)C1CCS(=O)(=O)C1. The van der Waals surface area contributed by atoms with Crippen LogP contribution in [0.1, 0.15) is 11.4 Å². The fraction of sp³-hybridized carbons (Fsp3) is 0.667. The Morgan fingerprint density at radius 2 is 2.47 bits per heavy atom. The highest BCUT2D eigenvalue weighted by Crippen LogP contribution is 2.18. The Kier molecular flexibility index (Phi) is 3.08. The number of nitrogens with zero attached hydrogens (tertiary/aromatic N) is 2. The van der Waals surface area contributed by atoms with E-state index in [2.05, 4.69) is 9.88 Å². The van der Waals surface area contributed by atoms with Gasteiger partial charge in [0.05, 0.1) is 18.1 Å². The van der Waals surface area contributed by atoms with Crippen molar-refractivity contribution in [3.05, 3.63) is 16.6 Å². The van der Waals surface area contributed by atoms with Gasteiger partial charge in [-0.1, -0.05) is 0 Å². The Labute approximate surface area is 93.9 Å². The number of sulfone groups is 1. The summed E-state index contributed by atoms with van der Waals surface area (Å²) in [4.78, 5) is 6.28. The van der Waals surface area contributed by atoms with Gasteiger partial charge in [-0.3, -0.25) is 4.90 Å². The van der Waals surface area contributed by atoms with Crippen molar-refractivity contribution in [1.82, 2.24) is 9.88 Å². The molecule has 0 radical (unpaired) electrons. The first-order valence-electron chi connectivity index (χ1n) is 4.86. The van der Waals surface area contributed by atoms with E-state index < -0.39 is 9.84 Å². The molecule has 0 spiro atoms. The summed E-state index contributed by atoms with van der Waals surface area (Å²) in [6.45, 7) is 0.748. The molecule has 0 N–H and O–H groups in total. The lowest BCUT2D eigenvalue weighted by molar-refractivity contribution is 0.253. The third-order valence-corrected chi connectivity index (χ3v) is 5.21. The van der Waals surface area contributed by atoms with E-state index in [9.17, 15) is 8.42 Å². The molecule has 84 valence electrons. The number of hydrogen-bond acceptors (Lipinski definition) is 5. The Bertz CT molecular complexity index is 413. The zero-order valence-corrected chi connectivity index (χ0v) is 10.2. The fourth-order valence-corrected chi connectivity index (χ4v) is 4.28. The van der Waals surface area contributed by atoms with E-state index >= 15 is 0 Å². The monoisotopic (exact) mass is 246 g/mol. The van der Waals surface area contributed by atoms with Crippen molar-refractivity contribution in [1.29, 1.82) is 0 Å². The third kappa shape index (κ3) is 2.76. The summed E-state index contributed by atoms with van der Waals surface area (Å²) in [6.07, 6.45) is 2.53. The molecule has 0 aromatic carbocycles. The topological polar surface area (TPSA) is 50.3 Å². The minimum Gasteiger partial charge on any atom is -0.296 e. The van der Waals surface area contributed by atoms with Crippen molar-refractivity contribution in [2.75, 3.05) is 18.6 Å². The maximum absolute atomic E-state index is 11.3. The van der Waals surface area contributed by atoms with E-state index in [0.717, 1.165) is 18.0 Å². The minimum atomic E-state index is -2.78. The van der Waals surface area contributed by atoms with Crippen LogP contribution in [0.2, 0.25) is 0 Å². The van der Waals surface area contributed by atoms with E-state index in [0.29, 0.717) is 11.5 Å². The number of thiazole rings is 1. The van der Waals surface area contributed by atoms with Gasteiger partial charge >= 0.3 is 0 Å². The molecule has 2 heterocycles. The number of aromatic nitrogens is 1. The third-order valence-electron chi connectivity index (χ3n) is 2.70. The zero-order valence-electron chi connectivity index (χ0n) is 8.59. The Morgan fingerprint density at radius 3 is 3.00 bits per heavy atom. The van der Waals surface area contributed by atoms with Crippen LogP contribution in [0, 0.1) is 0 Å². The van der Waals surface area contributed by atoms with Crippen LogP contribution < -0.4 is 0 Å². The maximum Gasteiger partial charge on any atom is 0.151 e. The van der Waals surface area contributed by atoms with Crippen LogP contribution in [0.15, 0.2) is 11.6 Å². The van der Waals surface area contributed by atoms with E-state index in [4.69, 9.17) is 0 Å². The molecule has 6 heteroatoms. The van der Waals surface area contributed by atoms with Gasteiger partial charge in [-0.15, -0.1) is 11.3 Å². The quantitative estimate of drug-likeness (QED) is 0.790. The normalized spacial score (nSPS) is 24.8. The first-order valence-corrected chi connectivity index (χ1v) is 7.56. The molecule has 0 aliphatic carbocycles. The molecule has 15 heavy (non-hydrogen) atoms. The Hall–Kier alpha value is -0.460. The van der Waals surface area contributed by atoms with Crippen LogP contribution in [-0.4, -0.2) is 42.9 Å². The van der Waals surface area contributed by atoms with Crippen LogP contribution in [0.25, 0.3) is 0 Å². The van der Waals surface area contributed by atoms with Crippen LogP contribution in [0.5, 0.6) is 0 Å². The van der Waals surface area contributed by atoms with Crippen LogP contribution in [0.3, 0.4) is 0 Å². The number of rotatable bonds is 3. The van der Waals surface area contributed by atoms with Crippen molar-refractivity contribution in [2.45, 2.75) is 19.0 Å². The van der Waals surface area contributed by atoms with Gasteiger partial charge in [-0.05, 0) is 13.5 Å². The summed E-state index contributed by atoms with van der Waals surface area (Å²) in [5, 5.41) is 2.98. The van der Waals surface area contributed by atoms with Crippen molar-refractivity contribution >= 4 is 21.2 Å². The van der Waals surface area contributed by atoms with E-state index in [1.54, 1.807) is 17.5 Å². The molecule has 0 amide bonds.